The minimum atomic E-state index is -1.51. The molecule has 5 heteroatoms. The van der Waals surface area contributed by atoms with Gasteiger partial charge >= 0.3 is 0 Å². The third-order valence-corrected chi connectivity index (χ3v) is 2.23. The smallest absolute Gasteiger partial charge is 0.244 e. The topological polar surface area (TPSA) is 66.2 Å². The number of quaternary nitrogens is 1. The van der Waals surface area contributed by atoms with Crippen LogP contribution in [0.3, 0.4) is 0 Å². The van der Waals surface area contributed by atoms with E-state index >= 15 is 0 Å². The molecule has 1 heterocycles. The third kappa shape index (κ3) is 1.11. The summed E-state index contributed by atoms with van der Waals surface area (Å²) in [6.45, 7) is -0.149. The van der Waals surface area contributed by atoms with E-state index in [1.807, 2.05) is 0 Å². The van der Waals surface area contributed by atoms with Crippen molar-refractivity contribution in [3.8, 4) is 0 Å². The Morgan fingerprint density at radius 2 is 2.07 bits per heavy atom. The second-order valence-corrected chi connectivity index (χ2v) is 3.08. The summed E-state index contributed by atoms with van der Waals surface area (Å²) in [7, 11) is 0. The van der Waals surface area contributed by atoms with Crippen LogP contribution in [-0.4, -0.2) is 11.6 Å². The lowest BCUT2D eigenvalue weighted by Gasteiger charge is -2.30. The molecule has 0 saturated heterocycles. The summed E-state index contributed by atoms with van der Waals surface area (Å²) < 4.78 is -1.51. The van der Waals surface area contributed by atoms with Gasteiger partial charge in [-0.1, -0.05) is 12.1 Å². The molecule has 0 saturated carbocycles. The van der Waals surface area contributed by atoms with Gasteiger partial charge in [0, 0.05) is 11.6 Å². The van der Waals surface area contributed by atoms with Crippen molar-refractivity contribution < 1.29 is 5.03 Å². The first kappa shape index (κ1) is 8.86. The van der Waals surface area contributed by atoms with Crippen LogP contribution in [0.4, 0.5) is 5.69 Å². The molecule has 1 aliphatic heterocycles. The van der Waals surface area contributed by atoms with Gasteiger partial charge in [-0.25, -0.2) is 10.1 Å². The molecule has 2 rings (SSSR count). The standard InChI is InChI=1S/C9H8N2O3/c12-10(13)11(14)7-3-5-8-4-1-2-6-9(8)11/h1-6H,7H2. The van der Waals surface area contributed by atoms with Crippen LogP contribution in [0.5, 0.6) is 0 Å². The average Bonchev–Trinajstić information content (AvgIpc) is 2.18. The number of nitro groups is 1. The van der Waals surface area contributed by atoms with Crippen LogP contribution in [-0.2, 0) is 0 Å². The summed E-state index contributed by atoms with van der Waals surface area (Å²) in [6, 6.07) is 6.57. The molecule has 0 fully saturated rings. The van der Waals surface area contributed by atoms with Crippen LogP contribution < -0.4 is 4.76 Å². The zero-order valence-corrected chi connectivity index (χ0v) is 7.29. The molecule has 0 bridgehead atoms. The zero-order chi connectivity index (χ0) is 10.2. The molecule has 0 aromatic heterocycles. The van der Waals surface area contributed by atoms with Gasteiger partial charge in [-0.05, 0) is 23.0 Å². The first-order valence-corrected chi connectivity index (χ1v) is 4.15. The van der Waals surface area contributed by atoms with Crippen LogP contribution >= 0.6 is 0 Å². The lowest BCUT2D eigenvalue weighted by Crippen LogP contribution is -2.49. The van der Waals surface area contributed by atoms with Crippen molar-refractivity contribution >= 4 is 11.8 Å². The highest BCUT2D eigenvalue weighted by Crippen LogP contribution is 2.30. The Kier molecular flexibility index (Phi) is 1.83. The van der Waals surface area contributed by atoms with E-state index < -0.39 is 9.79 Å². The maximum Gasteiger partial charge on any atom is 0.244 e. The number of nitrogens with zero attached hydrogens (tertiary/aromatic N) is 2. The maximum atomic E-state index is 11.8. The Hall–Kier alpha value is -1.72. The van der Waals surface area contributed by atoms with Crippen molar-refractivity contribution in [1.82, 2.24) is 4.76 Å². The number of rotatable bonds is 1. The summed E-state index contributed by atoms with van der Waals surface area (Å²) in [6.07, 6.45) is 3.26. The van der Waals surface area contributed by atoms with Gasteiger partial charge in [0.05, 0.1) is 0 Å². The highest BCUT2D eigenvalue weighted by molar-refractivity contribution is 5.68. The van der Waals surface area contributed by atoms with Crippen molar-refractivity contribution in [2.24, 2.45) is 0 Å². The first-order valence-electron chi connectivity index (χ1n) is 4.15. The van der Waals surface area contributed by atoms with E-state index in [9.17, 15) is 15.3 Å². The number of fused-ring (bicyclic) bond motifs is 1. The molecule has 0 aliphatic carbocycles. The van der Waals surface area contributed by atoms with E-state index in [4.69, 9.17) is 0 Å². The Balaban J connectivity index is 2.61. The SMILES string of the molecule is O=[N+]([O-])[N+]1([O-])CC=Cc2ccccc21. The second-order valence-electron chi connectivity index (χ2n) is 3.08. The molecule has 1 aromatic carbocycles. The van der Waals surface area contributed by atoms with Crippen molar-refractivity contribution in [3.05, 3.63) is 51.2 Å². The van der Waals surface area contributed by atoms with Gasteiger partial charge in [-0.2, -0.15) is 0 Å². The Morgan fingerprint density at radius 1 is 1.36 bits per heavy atom. The number of hydroxylamine groups is 1. The van der Waals surface area contributed by atoms with Crippen LogP contribution in [0.2, 0.25) is 0 Å². The molecule has 1 atom stereocenters. The largest absolute Gasteiger partial charge is 0.564 e. The quantitative estimate of drug-likeness (QED) is 0.294. The molecule has 5 nitrogen and oxygen atoms in total. The third-order valence-electron chi connectivity index (χ3n) is 2.23. The minimum absolute atomic E-state index is 0.149. The van der Waals surface area contributed by atoms with Crippen LogP contribution in [0.25, 0.3) is 6.08 Å². The molecular formula is C9H8N2O3. The highest BCUT2D eigenvalue weighted by Gasteiger charge is 2.36. The number of hydrogen-bond acceptors (Lipinski definition) is 3. The number of para-hydroxylation sites is 1. The van der Waals surface area contributed by atoms with Crippen molar-refractivity contribution in [2.75, 3.05) is 6.54 Å². The minimum Gasteiger partial charge on any atom is -0.564 e. The predicted octanol–water partition coefficient (Wildman–Crippen LogP) is 1.71. The lowest BCUT2D eigenvalue weighted by molar-refractivity contribution is -0.625. The molecule has 0 spiro atoms. The first-order chi connectivity index (χ1) is 6.64. The maximum absolute atomic E-state index is 11.8. The fraction of sp³-hybridized carbons (Fsp3) is 0.111. The summed E-state index contributed by atoms with van der Waals surface area (Å²) >= 11 is 0. The molecule has 0 amide bonds. The molecule has 72 valence electrons. The Morgan fingerprint density at radius 3 is 2.79 bits per heavy atom. The summed E-state index contributed by atoms with van der Waals surface area (Å²) in [4.78, 5) is 10.7. The number of benzene rings is 1. The number of hydrogen-bond donors (Lipinski definition) is 0. The van der Waals surface area contributed by atoms with E-state index in [0.717, 1.165) is 0 Å². The van der Waals surface area contributed by atoms with E-state index in [1.54, 1.807) is 24.3 Å². The molecule has 0 N–H and O–H groups in total. The molecule has 1 aliphatic rings. The van der Waals surface area contributed by atoms with Crippen molar-refractivity contribution in [2.45, 2.75) is 0 Å². The summed E-state index contributed by atoms with van der Waals surface area (Å²) in [5.41, 5.74) is 0.811. The van der Waals surface area contributed by atoms with Crippen LogP contribution in [0.1, 0.15) is 5.56 Å². The molecule has 1 unspecified atom stereocenters. The van der Waals surface area contributed by atoms with Gasteiger partial charge in [0.25, 0.3) is 0 Å². The summed E-state index contributed by atoms with van der Waals surface area (Å²) in [5.74, 6) is 0. The van der Waals surface area contributed by atoms with E-state index in [0.29, 0.717) is 5.56 Å². The lowest BCUT2D eigenvalue weighted by atomic mass is 10.1. The van der Waals surface area contributed by atoms with Gasteiger partial charge in [0.2, 0.25) is 10.7 Å². The monoisotopic (exact) mass is 192 g/mol. The predicted molar refractivity (Wildman–Crippen MR) is 52.5 cm³/mol. The average molecular weight is 192 g/mol. The van der Waals surface area contributed by atoms with Gasteiger partial charge in [-0.3, -0.25) is 0 Å². The fourth-order valence-electron chi connectivity index (χ4n) is 1.52. The second kappa shape index (κ2) is 2.90. The molecule has 14 heavy (non-hydrogen) atoms. The normalized spacial score (nSPS) is 24.4. The van der Waals surface area contributed by atoms with E-state index in [2.05, 4.69) is 0 Å². The van der Waals surface area contributed by atoms with E-state index in [1.165, 1.54) is 12.1 Å². The van der Waals surface area contributed by atoms with Crippen LogP contribution in [0, 0.1) is 15.3 Å². The Labute approximate surface area is 80.2 Å². The zero-order valence-electron chi connectivity index (χ0n) is 7.29. The van der Waals surface area contributed by atoms with Crippen molar-refractivity contribution in [1.29, 1.82) is 0 Å². The van der Waals surface area contributed by atoms with Gasteiger partial charge in [0.15, 0.2) is 6.54 Å². The molecular weight excluding hydrogens is 184 g/mol. The highest BCUT2D eigenvalue weighted by atomic mass is 16.8. The Bertz CT molecular complexity index is 416. The van der Waals surface area contributed by atoms with Gasteiger partial charge in [-0.15, -0.1) is 0 Å². The molecule has 1 aromatic rings. The summed E-state index contributed by atoms with van der Waals surface area (Å²) in [5, 5.41) is 21.7. The van der Waals surface area contributed by atoms with E-state index in [-0.39, 0.29) is 12.2 Å². The van der Waals surface area contributed by atoms with Crippen LogP contribution in [0.15, 0.2) is 30.3 Å². The fourth-order valence-corrected chi connectivity index (χ4v) is 1.52. The van der Waals surface area contributed by atoms with Gasteiger partial charge in [0.1, 0.15) is 0 Å². The van der Waals surface area contributed by atoms with Crippen molar-refractivity contribution in [3.63, 3.8) is 0 Å². The van der Waals surface area contributed by atoms with Gasteiger partial charge < -0.3 is 5.21 Å². The molecule has 0 radical (unpaired) electrons.